The van der Waals surface area contributed by atoms with Gasteiger partial charge in [-0.05, 0) is 19.8 Å². The lowest BCUT2D eigenvalue weighted by Crippen LogP contribution is -2.17. The minimum absolute atomic E-state index is 0.572. The van der Waals surface area contributed by atoms with E-state index < -0.39 is 0 Å². The van der Waals surface area contributed by atoms with E-state index in [4.69, 9.17) is 0 Å². The Bertz CT molecular complexity index is 479. The molecule has 5 heteroatoms. The van der Waals surface area contributed by atoms with Gasteiger partial charge in [-0.2, -0.15) is 5.10 Å². The molecule has 0 atom stereocenters. The molecule has 0 aliphatic heterocycles. The van der Waals surface area contributed by atoms with E-state index in [2.05, 4.69) is 25.1 Å². The maximum Gasteiger partial charge on any atom is 0.208 e. The molecule has 1 fully saturated rings. The topological polar surface area (TPSA) is 58.5 Å². The standard InChI is InChI=1S/C12H17N5/c1-9-8-17(11-6-13-14-7-11)12(15-9)16-10-4-2-3-5-10/h6-8,10H,2-5H2,1H3,(H,13,14)(H,15,16). The third-order valence-corrected chi connectivity index (χ3v) is 3.28. The lowest BCUT2D eigenvalue weighted by atomic mass is 10.2. The Hall–Kier alpha value is -1.78. The van der Waals surface area contributed by atoms with Crippen LogP contribution in [0.1, 0.15) is 31.4 Å². The Morgan fingerprint density at radius 1 is 1.41 bits per heavy atom. The molecule has 2 heterocycles. The van der Waals surface area contributed by atoms with E-state index in [9.17, 15) is 0 Å². The van der Waals surface area contributed by atoms with Crippen LogP contribution in [-0.4, -0.2) is 25.8 Å². The minimum atomic E-state index is 0.572. The van der Waals surface area contributed by atoms with Gasteiger partial charge in [0.2, 0.25) is 5.95 Å². The number of hydrogen-bond acceptors (Lipinski definition) is 3. The van der Waals surface area contributed by atoms with Crippen LogP contribution >= 0.6 is 0 Å². The second-order valence-electron chi connectivity index (χ2n) is 4.66. The summed E-state index contributed by atoms with van der Waals surface area (Å²) in [6, 6.07) is 0.572. The molecule has 0 radical (unpaired) electrons. The summed E-state index contributed by atoms with van der Waals surface area (Å²) >= 11 is 0. The SMILES string of the molecule is Cc1cn(-c2cn[nH]c2)c(NC2CCCC2)n1. The van der Waals surface area contributed by atoms with E-state index in [1.807, 2.05) is 19.3 Å². The normalized spacial score (nSPS) is 16.5. The van der Waals surface area contributed by atoms with Gasteiger partial charge in [0, 0.05) is 18.4 Å². The van der Waals surface area contributed by atoms with Crippen LogP contribution in [0.2, 0.25) is 0 Å². The number of nitrogens with zero attached hydrogens (tertiary/aromatic N) is 3. The molecule has 1 aliphatic rings. The van der Waals surface area contributed by atoms with Crippen molar-refractivity contribution >= 4 is 5.95 Å². The Labute approximate surface area is 100 Å². The first-order valence-electron chi connectivity index (χ1n) is 6.14. The van der Waals surface area contributed by atoms with Crippen LogP contribution in [-0.2, 0) is 0 Å². The van der Waals surface area contributed by atoms with Crippen LogP contribution in [0, 0.1) is 6.92 Å². The van der Waals surface area contributed by atoms with E-state index in [1.54, 1.807) is 6.20 Å². The van der Waals surface area contributed by atoms with Crippen molar-refractivity contribution in [1.29, 1.82) is 0 Å². The third kappa shape index (κ3) is 2.05. The predicted molar refractivity (Wildman–Crippen MR) is 66.3 cm³/mol. The van der Waals surface area contributed by atoms with E-state index in [0.29, 0.717) is 6.04 Å². The van der Waals surface area contributed by atoms with Crippen LogP contribution in [0.15, 0.2) is 18.6 Å². The maximum absolute atomic E-state index is 4.54. The molecule has 0 bridgehead atoms. The van der Waals surface area contributed by atoms with Crippen LogP contribution in [0.5, 0.6) is 0 Å². The summed E-state index contributed by atoms with van der Waals surface area (Å²) in [7, 11) is 0. The quantitative estimate of drug-likeness (QED) is 0.851. The summed E-state index contributed by atoms with van der Waals surface area (Å²) in [6.45, 7) is 2.01. The molecular formula is C12H17N5. The molecule has 17 heavy (non-hydrogen) atoms. The highest BCUT2D eigenvalue weighted by Crippen LogP contribution is 2.23. The highest BCUT2D eigenvalue weighted by molar-refractivity contribution is 5.41. The summed E-state index contributed by atoms with van der Waals surface area (Å²) in [4.78, 5) is 4.54. The number of rotatable bonds is 3. The second kappa shape index (κ2) is 4.24. The number of nitrogens with one attached hydrogen (secondary N) is 2. The van der Waals surface area contributed by atoms with E-state index in [-0.39, 0.29) is 0 Å². The zero-order valence-corrected chi connectivity index (χ0v) is 9.98. The van der Waals surface area contributed by atoms with Gasteiger partial charge in [-0.3, -0.25) is 9.67 Å². The highest BCUT2D eigenvalue weighted by atomic mass is 15.2. The average Bonchev–Trinajstić information content (AvgIpc) is 3.00. The summed E-state index contributed by atoms with van der Waals surface area (Å²) in [5.74, 6) is 0.927. The molecule has 0 aromatic carbocycles. The molecule has 5 nitrogen and oxygen atoms in total. The number of aromatic nitrogens is 4. The molecule has 2 aromatic heterocycles. The van der Waals surface area contributed by atoms with Crippen LogP contribution < -0.4 is 5.32 Å². The van der Waals surface area contributed by atoms with Crippen molar-refractivity contribution in [3.8, 4) is 5.69 Å². The Balaban J connectivity index is 1.88. The molecule has 3 rings (SSSR count). The fourth-order valence-electron chi connectivity index (χ4n) is 2.42. The molecule has 2 N–H and O–H groups in total. The van der Waals surface area contributed by atoms with Crippen molar-refractivity contribution in [2.45, 2.75) is 38.6 Å². The zero-order chi connectivity index (χ0) is 11.7. The number of aromatic amines is 1. The van der Waals surface area contributed by atoms with Gasteiger partial charge < -0.3 is 5.32 Å². The molecule has 0 saturated heterocycles. The van der Waals surface area contributed by atoms with Gasteiger partial charge in [0.1, 0.15) is 0 Å². The van der Waals surface area contributed by atoms with Crippen LogP contribution in [0.4, 0.5) is 5.95 Å². The summed E-state index contributed by atoms with van der Waals surface area (Å²) in [5, 5.41) is 10.3. The van der Waals surface area contributed by atoms with Gasteiger partial charge in [0.15, 0.2) is 0 Å². The zero-order valence-electron chi connectivity index (χ0n) is 9.98. The summed E-state index contributed by atoms with van der Waals surface area (Å²) in [6.07, 6.45) is 10.9. The number of H-pyrrole nitrogens is 1. The van der Waals surface area contributed by atoms with Crippen molar-refractivity contribution in [2.24, 2.45) is 0 Å². The lowest BCUT2D eigenvalue weighted by molar-refractivity contribution is 0.740. The summed E-state index contributed by atoms with van der Waals surface area (Å²) in [5.41, 5.74) is 2.04. The third-order valence-electron chi connectivity index (χ3n) is 3.28. The first kappa shape index (κ1) is 10.4. The molecular weight excluding hydrogens is 214 g/mol. The average molecular weight is 231 g/mol. The van der Waals surface area contributed by atoms with Crippen LogP contribution in [0.25, 0.3) is 5.69 Å². The Kier molecular flexibility index (Phi) is 2.59. The molecule has 0 spiro atoms. The molecule has 90 valence electrons. The largest absolute Gasteiger partial charge is 0.353 e. The summed E-state index contributed by atoms with van der Waals surface area (Å²) < 4.78 is 2.05. The number of anilines is 1. The molecule has 2 aromatic rings. The van der Waals surface area contributed by atoms with Crippen molar-refractivity contribution in [3.63, 3.8) is 0 Å². The second-order valence-corrected chi connectivity index (χ2v) is 4.66. The Morgan fingerprint density at radius 3 is 2.94 bits per heavy atom. The van der Waals surface area contributed by atoms with Crippen molar-refractivity contribution in [1.82, 2.24) is 19.7 Å². The van der Waals surface area contributed by atoms with Gasteiger partial charge >= 0.3 is 0 Å². The van der Waals surface area contributed by atoms with Gasteiger partial charge in [0.05, 0.1) is 17.6 Å². The van der Waals surface area contributed by atoms with Crippen LogP contribution in [0.3, 0.4) is 0 Å². The number of aryl methyl sites for hydroxylation is 1. The molecule has 0 amide bonds. The van der Waals surface area contributed by atoms with Gasteiger partial charge in [-0.1, -0.05) is 12.8 Å². The first-order chi connectivity index (χ1) is 8.33. The van der Waals surface area contributed by atoms with Crippen molar-refractivity contribution < 1.29 is 0 Å². The van der Waals surface area contributed by atoms with Gasteiger partial charge in [-0.15, -0.1) is 0 Å². The number of hydrogen-bond donors (Lipinski definition) is 2. The molecule has 1 aliphatic carbocycles. The minimum Gasteiger partial charge on any atom is -0.353 e. The predicted octanol–water partition coefficient (Wildman–Crippen LogP) is 2.26. The number of imidazole rings is 1. The molecule has 0 unspecified atom stereocenters. The monoisotopic (exact) mass is 231 g/mol. The highest BCUT2D eigenvalue weighted by Gasteiger charge is 2.17. The van der Waals surface area contributed by atoms with E-state index in [0.717, 1.165) is 17.3 Å². The lowest BCUT2D eigenvalue weighted by Gasteiger charge is -2.13. The Morgan fingerprint density at radius 2 is 2.24 bits per heavy atom. The smallest absolute Gasteiger partial charge is 0.208 e. The first-order valence-corrected chi connectivity index (χ1v) is 6.14. The van der Waals surface area contributed by atoms with Crippen molar-refractivity contribution in [2.75, 3.05) is 5.32 Å². The van der Waals surface area contributed by atoms with Gasteiger partial charge in [-0.25, -0.2) is 4.98 Å². The van der Waals surface area contributed by atoms with Gasteiger partial charge in [0.25, 0.3) is 0 Å². The van der Waals surface area contributed by atoms with E-state index >= 15 is 0 Å². The fraction of sp³-hybridized carbons (Fsp3) is 0.500. The fourth-order valence-corrected chi connectivity index (χ4v) is 2.42. The van der Waals surface area contributed by atoms with Crippen molar-refractivity contribution in [3.05, 3.63) is 24.3 Å². The molecule has 1 saturated carbocycles. The maximum atomic E-state index is 4.54. The van der Waals surface area contributed by atoms with E-state index in [1.165, 1.54) is 25.7 Å².